The smallest absolute Gasteiger partial charge is 0.262 e. The summed E-state index contributed by atoms with van der Waals surface area (Å²) in [7, 11) is 0. The third kappa shape index (κ3) is 5.08. The number of carbonyl (C=O) groups is 1. The van der Waals surface area contributed by atoms with E-state index in [-0.39, 0.29) is 11.6 Å². The molecular formula is C19H16ClN3O. The first-order chi connectivity index (χ1) is 11.6. The average molecular weight is 338 g/mol. The van der Waals surface area contributed by atoms with Crippen LogP contribution in [0.4, 0.5) is 0 Å². The number of nitrogens with one attached hydrogen (secondary N) is 1. The number of halogens is 1. The van der Waals surface area contributed by atoms with Crippen molar-refractivity contribution in [1.29, 1.82) is 5.26 Å². The molecule has 2 aromatic rings. The second-order valence-corrected chi connectivity index (χ2v) is 5.43. The first-order valence-corrected chi connectivity index (χ1v) is 7.75. The molecule has 120 valence electrons. The van der Waals surface area contributed by atoms with Crippen molar-refractivity contribution in [2.45, 2.75) is 13.0 Å². The largest absolute Gasteiger partial charge is 0.345 e. The van der Waals surface area contributed by atoms with Crippen molar-refractivity contribution in [3.05, 3.63) is 82.7 Å². The molecule has 0 aliphatic rings. The van der Waals surface area contributed by atoms with E-state index in [2.05, 4.69) is 10.3 Å². The van der Waals surface area contributed by atoms with E-state index in [1.807, 2.05) is 43.3 Å². The van der Waals surface area contributed by atoms with Crippen molar-refractivity contribution in [2.75, 3.05) is 0 Å². The number of hydrogen-bond donors (Lipinski definition) is 1. The van der Waals surface area contributed by atoms with Gasteiger partial charge in [-0.15, -0.1) is 0 Å². The Kier molecular flexibility index (Phi) is 6.30. The van der Waals surface area contributed by atoms with Gasteiger partial charge in [0.1, 0.15) is 16.8 Å². The first kappa shape index (κ1) is 17.5. The molecule has 1 amide bonds. The number of amides is 1. The molecule has 0 saturated heterocycles. The quantitative estimate of drug-likeness (QED) is 0.387. The number of nitrogens with zero attached hydrogens (tertiary/aromatic N) is 2. The molecule has 4 nitrogen and oxygen atoms in total. The zero-order valence-corrected chi connectivity index (χ0v) is 13.9. The van der Waals surface area contributed by atoms with Crippen LogP contribution in [0.3, 0.4) is 0 Å². The normalized spacial score (nSPS) is 12.6. The van der Waals surface area contributed by atoms with E-state index in [1.54, 1.807) is 30.4 Å². The summed E-state index contributed by atoms with van der Waals surface area (Å²) in [5.74, 6) is -0.419. The van der Waals surface area contributed by atoms with E-state index >= 15 is 0 Å². The van der Waals surface area contributed by atoms with E-state index < -0.39 is 5.91 Å². The highest BCUT2D eigenvalue weighted by atomic mass is 35.5. The molecule has 0 aliphatic carbocycles. The molecule has 1 heterocycles. The SMILES string of the molecule is CC(NC(=O)/C(C#N)=C/C=C/c1cccc(Cl)n1)c1ccccc1. The van der Waals surface area contributed by atoms with E-state index in [0.717, 1.165) is 5.56 Å². The van der Waals surface area contributed by atoms with Crippen LogP contribution in [-0.4, -0.2) is 10.9 Å². The van der Waals surface area contributed by atoms with Crippen LogP contribution in [0, 0.1) is 11.3 Å². The number of benzene rings is 1. The van der Waals surface area contributed by atoms with Gasteiger partial charge in [0.25, 0.3) is 5.91 Å². The van der Waals surface area contributed by atoms with Gasteiger partial charge in [0.05, 0.1) is 11.7 Å². The number of allylic oxidation sites excluding steroid dienone is 2. The molecule has 1 aromatic heterocycles. The highest BCUT2D eigenvalue weighted by molar-refractivity contribution is 6.29. The van der Waals surface area contributed by atoms with Gasteiger partial charge in [-0.1, -0.05) is 54.1 Å². The Bertz CT molecular complexity index is 807. The van der Waals surface area contributed by atoms with E-state index in [0.29, 0.717) is 10.8 Å². The summed E-state index contributed by atoms with van der Waals surface area (Å²) >= 11 is 5.80. The second-order valence-electron chi connectivity index (χ2n) is 5.04. The highest BCUT2D eigenvalue weighted by Crippen LogP contribution is 2.12. The van der Waals surface area contributed by atoms with Crippen LogP contribution in [0.2, 0.25) is 5.15 Å². The third-order valence-corrected chi connectivity index (χ3v) is 3.49. The zero-order chi connectivity index (χ0) is 17.4. The minimum Gasteiger partial charge on any atom is -0.345 e. The van der Waals surface area contributed by atoms with Gasteiger partial charge in [-0.25, -0.2) is 4.98 Å². The Morgan fingerprint density at radius 2 is 2.00 bits per heavy atom. The summed E-state index contributed by atoms with van der Waals surface area (Å²) in [6.45, 7) is 1.87. The van der Waals surface area contributed by atoms with E-state index in [1.165, 1.54) is 6.08 Å². The van der Waals surface area contributed by atoms with Gasteiger partial charge in [-0.2, -0.15) is 5.26 Å². The zero-order valence-electron chi connectivity index (χ0n) is 13.1. The minimum atomic E-state index is -0.419. The monoisotopic (exact) mass is 337 g/mol. The van der Waals surface area contributed by atoms with Gasteiger partial charge in [-0.05, 0) is 36.8 Å². The van der Waals surface area contributed by atoms with Crippen LogP contribution in [0.5, 0.6) is 0 Å². The Balaban J connectivity index is 2.04. The molecule has 1 aromatic carbocycles. The predicted octanol–water partition coefficient (Wildman–Crippen LogP) is 4.08. The van der Waals surface area contributed by atoms with Crippen LogP contribution >= 0.6 is 11.6 Å². The number of rotatable bonds is 5. The fraction of sp³-hybridized carbons (Fsp3) is 0.105. The van der Waals surface area contributed by atoms with E-state index in [4.69, 9.17) is 11.6 Å². The van der Waals surface area contributed by atoms with Gasteiger partial charge in [-0.3, -0.25) is 4.79 Å². The first-order valence-electron chi connectivity index (χ1n) is 7.37. The maximum Gasteiger partial charge on any atom is 0.262 e. The summed E-state index contributed by atoms with van der Waals surface area (Å²) in [5, 5.41) is 12.4. The number of pyridine rings is 1. The van der Waals surface area contributed by atoms with Crippen LogP contribution in [0.1, 0.15) is 24.2 Å². The minimum absolute atomic E-state index is 0.0241. The topological polar surface area (TPSA) is 65.8 Å². The summed E-state index contributed by atoms with van der Waals surface area (Å²) in [6, 6.07) is 16.5. The Hall–Kier alpha value is -2.90. The van der Waals surface area contributed by atoms with Crippen molar-refractivity contribution in [1.82, 2.24) is 10.3 Å². The van der Waals surface area contributed by atoms with Crippen LogP contribution in [-0.2, 0) is 4.79 Å². The Morgan fingerprint density at radius 3 is 2.67 bits per heavy atom. The predicted molar refractivity (Wildman–Crippen MR) is 95.0 cm³/mol. The van der Waals surface area contributed by atoms with Gasteiger partial charge in [0, 0.05) is 0 Å². The molecule has 24 heavy (non-hydrogen) atoms. The summed E-state index contributed by atoms with van der Waals surface area (Å²) < 4.78 is 0. The average Bonchev–Trinajstić information content (AvgIpc) is 2.59. The lowest BCUT2D eigenvalue weighted by atomic mass is 10.1. The second kappa shape index (κ2) is 8.66. The maximum absolute atomic E-state index is 12.2. The highest BCUT2D eigenvalue weighted by Gasteiger charge is 2.12. The molecule has 1 atom stereocenters. The molecule has 0 bridgehead atoms. The molecule has 1 unspecified atom stereocenters. The Morgan fingerprint density at radius 1 is 1.25 bits per heavy atom. The van der Waals surface area contributed by atoms with Gasteiger partial charge in [0.2, 0.25) is 0 Å². The van der Waals surface area contributed by atoms with Gasteiger partial charge < -0.3 is 5.32 Å². The molecule has 2 rings (SSSR count). The number of carbonyl (C=O) groups excluding carboxylic acids is 1. The molecule has 0 saturated carbocycles. The molecular weight excluding hydrogens is 322 g/mol. The fourth-order valence-corrected chi connectivity index (χ4v) is 2.19. The molecule has 0 spiro atoms. The van der Waals surface area contributed by atoms with Crippen LogP contribution < -0.4 is 5.32 Å². The number of nitriles is 1. The molecule has 0 aliphatic heterocycles. The summed E-state index contributed by atoms with van der Waals surface area (Å²) in [4.78, 5) is 16.3. The molecule has 0 fully saturated rings. The van der Waals surface area contributed by atoms with Crippen LogP contribution in [0.15, 0.2) is 66.3 Å². The Labute approximate surface area is 146 Å². The lowest BCUT2D eigenvalue weighted by Gasteiger charge is -2.13. The summed E-state index contributed by atoms with van der Waals surface area (Å²) in [6.07, 6.45) is 4.73. The molecule has 0 radical (unpaired) electrons. The third-order valence-electron chi connectivity index (χ3n) is 3.28. The molecule has 1 N–H and O–H groups in total. The van der Waals surface area contributed by atoms with Crippen molar-refractivity contribution < 1.29 is 4.79 Å². The number of aromatic nitrogens is 1. The standard InChI is InChI=1S/C19H16ClN3O/c1-14(15-7-3-2-4-8-15)22-19(24)16(13-21)9-5-10-17-11-6-12-18(20)23-17/h2-12,14H,1H3,(H,22,24)/b10-5+,16-9+. The maximum atomic E-state index is 12.2. The number of hydrogen-bond acceptors (Lipinski definition) is 3. The fourth-order valence-electron chi connectivity index (χ4n) is 2.02. The summed E-state index contributed by atoms with van der Waals surface area (Å²) in [5.41, 5.74) is 1.65. The van der Waals surface area contributed by atoms with Crippen LogP contribution in [0.25, 0.3) is 6.08 Å². The van der Waals surface area contributed by atoms with Crippen molar-refractivity contribution in [2.24, 2.45) is 0 Å². The lowest BCUT2D eigenvalue weighted by Crippen LogP contribution is -2.27. The van der Waals surface area contributed by atoms with Crippen molar-refractivity contribution in [3.63, 3.8) is 0 Å². The molecule has 5 heteroatoms. The van der Waals surface area contributed by atoms with E-state index in [9.17, 15) is 10.1 Å². The van der Waals surface area contributed by atoms with Gasteiger partial charge in [0.15, 0.2) is 0 Å². The van der Waals surface area contributed by atoms with Crippen molar-refractivity contribution >= 4 is 23.6 Å². The van der Waals surface area contributed by atoms with Crippen molar-refractivity contribution in [3.8, 4) is 6.07 Å². The lowest BCUT2D eigenvalue weighted by molar-refractivity contribution is -0.117. The van der Waals surface area contributed by atoms with Gasteiger partial charge >= 0.3 is 0 Å².